The summed E-state index contributed by atoms with van der Waals surface area (Å²) in [5.74, 6) is 0.435. The standard InChI is InChI=1S/C21H35N3O2/c1-17(2)15-24(16-19-8-5-4-7-18(19)3)21(26)22-11-6-12-23-13-9-20(25)10-14-23/h4-5,7-8,17,20,25H,6,9-16H2,1-3H3,(H,22,26). The van der Waals surface area contributed by atoms with E-state index in [0.29, 0.717) is 19.0 Å². The number of hydrogen-bond donors (Lipinski definition) is 2. The third-order valence-corrected chi connectivity index (χ3v) is 4.98. The van der Waals surface area contributed by atoms with E-state index in [1.807, 2.05) is 17.0 Å². The van der Waals surface area contributed by atoms with Gasteiger partial charge in [0.15, 0.2) is 0 Å². The maximum atomic E-state index is 12.7. The van der Waals surface area contributed by atoms with E-state index in [-0.39, 0.29) is 12.1 Å². The van der Waals surface area contributed by atoms with Crippen molar-refractivity contribution in [1.29, 1.82) is 0 Å². The van der Waals surface area contributed by atoms with Crippen molar-refractivity contribution in [1.82, 2.24) is 15.1 Å². The zero-order chi connectivity index (χ0) is 18.9. The fourth-order valence-corrected chi connectivity index (χ4v) is 3.41. The van der Waals surface area contributed by atoms with Crippen LogP contribution < -0.4 is 5.32 Å². The molecule has 1 aliphatic rings. The van der Waals surface area contributed by atoms with Crippen LogP contribution in [0.5, 0.6) is 0 Å². The summed E-state index contributed by atoms with van der Waals surface area (Å²) in [5, 5.41) is 12.6. The van der Waals surface area contributed by atoms with Crippen molar-refractivity contribution in [2.75, 3.05) is 32.7 Å². The van der Waals surface area contributed by atoms with Gasteiger partial charge in [0.1, 0.15) is 0 Å². The van der Waals surface area contributed by atoms with Crippen LogP contribution in [0.1, 0.15) is 44.2 Å². The summed E-state index contributed by atoms with van der Waals surface area (Å²) in [4.78, 5) is 17.0. The quantitative estimate of drug-likeness (QED) is 0.700. The van der Waals surface area contributed by atoms with Crippen LogP contribution in [0.25, 0.3) is 0 Å². The van der Waals surface area contributed by atoms with E-state index in [4.69, 9.17) is 0 Å². The summed E-state index contributed by atoms with van der Waals surface area (Å²) < 4.78 is 0. The van der Waals surface area contributed by atoms with Crippen LogP contribution in [0.3, 0.4) is 0 Å². The second-order valence-corrected chi connectivity index (χ2v) is 7.86. The number of rotatable bonds is 8. The molecule has 0 radical (unpaired) electrons. The first-order valence-electron chi connectivity index (χ1n) is 9.93. The molecule has 0 atom stereocenters. The van der Waals surface area contributed by atoms with Crippen LogP contribution in [0, 0.1) is 12.8 Å². The van der Waals surface area contributed by atoms with E-state index >= 15 is 0 Å². The number of piperidine rings is 1. The third-order valence-electron chi connectivity index (χ3n) is 4.98. The molecule has 0 aromatic heterocycles. The molecule has 0 aliphatic carbocycles. The van der Waals surface area contributed by atoms with E-state index in [1.165, 1.54) is 11.1 Å². The molecule has 5 nitrogen and oxygen atoms in total. The molecule has 26 heavy (non-hydrogen) atoms. The number of aliphatic hydroxyl groups is 1. The van der Waals surface area contributed by atoms with Crippen LogP contribution in [0.15, 0.2) is 24.3 Å². The third kappa shape index (κ3) is 6.96. The Labute approximate surface area is 158 Å². The molecule has 0 spiro atoms. The predicted molar refractivity (Wildman–Crippen MR) is 106 cm³/mol. The van der Waals surface area contributed by atoms with E-state index in [0.717, 1.165) is 45.4 Å². The van der Waals surface area contributed by atoms with Crippen molar-refractivity contribution in [2.24, 2.45) is 5.92 Å². The highest BCUT2D eigenvalue weighted by atomic mass is 16.3. The lowest BCUT2D eigenvalue weighted by Gasteiger charge is -2.29. The number of nitrogens with one attached hydrogen (secondary N) is 1. The molecular formula is C21H35N3O2. The van der Waals surface area contributed by atoms with E-state index in [9.17, 15) is 9.90 Å². The SMILES string of the molecule is Cc1ccccc1CN(CC(C)C)C(=O)NCCCN1CCC(O)CC1. The first kappa shape index (κ1) is 20.7. The van der Waals surface area contributed by atoms with Gasteiger partial charge in [-0.05, 0) is 49.8 Å². The van der Waals surface area contributed by atoms with Gasteiger partial charge in [-0.1, -0.05) is 38.1 Å². The number of nitrogens with zero attached hydrogens (tertiary/aromatic N) is 2. The monoisotopic (exact) mass is 361 g/mol. The minimum atomic E-state index is -0.128. The van der Waals surface area contributed by atoms with Crippen molar-refractivity contribution in [3.8, 4) is 0 Å². The molecule has 1 aliphatic heterocycles. The fourth-order valence-electron chi connectivity index (χ4n) is 3.41. The van der Waals surface area contributed by atoms with Crippen LogP contribution >= 0.6 is 0 Å². The first-order valence-corrected chi connectivity index (χ1v) is 9.93. The van der Waals surface area contributed by atoms with Crippen LogP contribution in [0.2, 0.25) is 0 Å². The van der Waals surface area contributed by atoms with Gasteiger partial charge < -0.3 is 20.2 Å². The van der Waals surface area contributed by atoms with Gasteiger partial charge in [0.25, 0.3) is 0 Å². The summed E-state index contributed by atoms with van der Waals surface area (Å²) in [6.07, 6.45) is 2.55. The Balaban J connectivity index is 1.78. The number of aryl methyl sites for hydroxylation is 1. The highest BCUT2D eigenvalue weighted by molar-refractivity contribution is 5.74. The number of carbonyl (C=O) groups is 1. The van der Waals surface area contributed by atoms with Gasteiger partial charge in [-0.2, -0.15) is 0 Å². The topological polar surface area (TPSA) is 55.8 Å². The minimum Gasteiger partial charge on any atom is -0.393 e. The van der Waals surface area contributed by atoms with Gasteiger partial charge in [-0.15, -0.1) is 0 Å². The number of benzene rings is 1. The lowest BCUT2D eigenvalue weighted by Crippen LogP contribution is -2.43. The first-order chi connectivity index (χ1) is 12.5. The molecule has 146 valence electrons. The zero-order valence-electron chi connectivity index (χ0n) is 16.6. The summed E-state index contributed by atoms with van der Waals surface area (Å²) in [7, 11) is 0. The highest BCUT2D eigenvalue weighted by Gasteiger charge is 2.18. The average Bonchev–Trinajstić information content (AvgIpc) is 2.61. The van der Waals surface area contributed by atoms with Crippen molar-refractivity contribution in [2.45, 2.75) is 52.7 Å². The molecule has 1 aromatic carbocycles. The molecule has 2 amide bonds. The zero-order valence-corrected chi connectivity index (χ0v) is 16.6. The molecule has 1 heterocycles. The molecule has 2 N–H and O–H groups in total. The Morgan fingerprint density at radius 1 is 1.31 bits per heavy atom. The Bertz CT molecular complexity index is 554. The second kappa shape index (κ2) is 10.5. The van der Waals surface area contributed by atoms with E-state index in [1.54, 1.807) is 0 Å². The summed E-state index contributed by atoms with van der Waals surface area (Å²) >= 11 is 0. The van der Waals surface area contributed by atoms with Gasteiger partial charge >= 0.3 is 6.03 Å². The van der Waals surface area contributed by atoms with Crippen molar-refractivity contribution in [3.63, 3.8) is 0 Å². The molecule has 5 heteroatoms. The largest absolute Gasteiger partial charge is 0.393 e. The molecule has 0 saturated carbocycles. The number of likely N-dealkylation sites (tertiary alicyclic amines) is 1. The van der Waals surface area contributed by atoms with Crippen molar-refractivity contribution < 1.29 is 9.90 Å². The normalized spacial score (nSPS) is 16.0. The van der Waals surface area contributed by atoms with Gasteiger partial charge in [-0.25, -0.2) is 4.79 Å². The van der Waals surface area contributed by atoms with E-state index < -0.39 is 0 Å². The number of hydrogen-bond acceptors (Lipinski definition) is 3. The fraction of sp³-hybridized carbons (Fsp3) is 0.667. The summed E-state index contributed by atoms with van der Waals surface area (Å²) in [6, 6.07) is 8.28. The highest BCUT2D eigenvalue weighted by Crippen LogP contribution is 2.13. The minimum absolute atomic E-state index is 0.0241. The maximum absolute atomic E-state index is 12.7. The summed E-state index contributed by atoms with van der Waals surface area (Å²) in [5.41, 5.74) is 2.43. The maximum Gasteiger partial charge on any atom is 0.317 e. The van der Waals surface area contributed by atoms with Gasteiger partial charge in [0.2, 0.25) is 0 Å². The van der Waals surface area contributed by atoms with Crippen LogP contribution in [0.4, 0.5) is 4.79 Å². The van der Waals surface area contributed by atoms with Crippen molar-refractivity contribution in [3.05, 3.63) is 35.4 Å². The molecule has 1 saturated heterocycles. The molecular weight excluding hydrogens is 326 g/mol. The smallest absolute Gasteiger partial charge is 0.317 e. The second-order valence-electron chi connectivity index (χ2n) is 7.86. The summed E-state index contributed by atoms with van der Waals surface area (Å²) in [6.45, 7) is 11.4. The predicted octanol–water partition coefficient (Wildman–Crippen LogP) is 3.01. The van der Waals surface area contributed by atoms with Crippen LogP contribution in [-0.2, 0) is 6.54 Å². The average molecular weight is 362 g/mol. The molecule has 1 aromatic rings. The Kier molecular flexibility index (Phi) is 8.39. The Morgan fingerprint density at radius 2 is 2.00 bits per heavy atom. The number of amides is 2. The number of aliphatic hydroxyl groups excluding tert-OH is 1. The lowest BCUT2D eigenvalue weighted by atomic mass is 10.1. The molecule has 2 rings (SSSR count). The van der Waals surface area contributed by atoms with Crippen molar-refractivity contribution >= 4 is 6.03 Å². The molecule has 1 fully saturated rings. The molecule has 0 unspecified atom stereocenters. The van der Waals surface area contributed by atoms with Crippen LogP contribution in [-0.4, -0.2) is 59.8 Å². The number of urea groups is 1. The Hall–Kier alpha value is -1.59. The molecule has 0 bridgehead atoms. The van der Waals surface area contributed by atoms with Gasteiger partial charge in [0.05, 0.1) is 6.10 Å². The lowest BCUT2D eigenvalue weighted by molar-refractivity contribution is 0.0821. The van der Waals surface area contributed by atoms with Gasteiger partial charge in [0, 0.05) is 32.7 Å². The van der Waals surface area contributed by atoms with Gasteiger partial charge in [-0.3, -0.25) is 0 Å². The Morgan fingerprint density at radius 3 is 2.65 bits per heavy atom. The van der Waals surface area contributed by atoms with E-state index in [2.05, 4.69) is 43.1 Å². The number of carbonyl (C=O) groups excluding carboxylic acids is 1.